The van der Waals surface area contributed by atoms with Crippen molar-refractivity contribution in [1.82, 2.24) is 10.2 Å². The van der Waals surface area contributed by atoms with Crippen molar-refractivity contribution >= 4 is 17.7 Å². The van der Waals surface area contributed by atoms with Gasteiger partial charge in [-0.25, -0.2) is 4.79 Å². The van der Waals surface area contributed by atoms with Crippen LogP contribution >= 0.6 is 0 Å². The summed E-state index contributed by atoms with van der Waals surface area (Å²) in [5.74, 6) is -1.15. The fraction of sp³-hybridized carbons (Fsp3) is 0.429. The van der Waals surface area contributed by atoms with Crippen LogP contribution in [0.5, 0.6) is 0 Å². The number of carboxylic acids is 1. The number of rotatable bonds is 8. The van der Waals surface area contributed by atoms with Crippen LogP contribution in [-0.2, 0) is 11.2 Å². The molecule has 1 aromatic rings. The topological polar surface area (TPSA) is 133 Å². The van der Waals surface area contributed by atoms with Crippen LogP contribution in [0.2, 0.25) is 0 Å². The van der Waals surface area contributed by atoms with Crippen LogP contribution in [-0.4, -0.2) is 57.8 Å². The molecule has 0 saturated heterocycles. The van der Waals surface area contributed by atoms with Crippen LogP contribution in [0.25, 0.3) is 0 Å². The number of non-ortho nitro benzene ring substituents is 1. The molecule has 1 atom stereocenters. The average molecular weight is 325 g/mol. The van der Waals surface area contributed by atoms with Crippen LogP contribution in [0.1, 0.15) is 12.5 Å². The number of carbonyl (C=O) groups is 2. The molecule has 0 radical (unpaired) electrons. The van der Waals surface area contributed by atoms with Crippen LogP contribution in [0.15, 0.2) is 24.3 Å². The molecule has 0 aliphatic rings. The van der Waals surface area contributed by atoms with E-state index < -0.39 is 23.0 Å². The zero-order chi connectivity index (χ0) is 17.4. The van der Waals surface area contributed by atoms with Crippen molar-refractivity contribution in [2.45, 2.75) is 19.4 Å². The van der Waals surface area contributed by atoms with E-state index in [4.69, 9.17) is 10.2 Å². The highest BCUT2D eigenvalue weighted by atomic mass is 16.6. The molecule has 23 heavy (non-hydrogen) atoms. The molecule has 0 heterocycles. The number of aliphatic hydroxyl groups is 1. The summed E-state index contributed by atoms with van der Waals surface area (Å²) in [7, 11) is 0. The highest BCUT2D eigenvalue weighted by molar-refractivity contribution is 5.82. The quantitative estimate of drug-likeness (QED) is 0.474. The van der Waals surface area contributed by atoms with Gasteiger partial charge in [-0.3, -0.25) is 14.9 Å². The Bertz CT molecular complexity index is 560. The minimum Gasteiger partial charge on any atom is -0.480 e. The standard InChI is InChI=1S/C14H19N3O6/c1-10(13(19)20)15-14(21)16(8-9-18)7-6-11-2-4-12(5-3-11)17(22)23/h2-5,10,18H,6-9H2,1H3,(H,15,21)(H,19,20)/t10-/m0/s1. The van der Waals surface area contributed by atoms with Crippen molar-refractivity contribution in [1.29, 1.82) is 0 Å². The molecule has 0 unspecified atom stereocenters. The molecular weight excluding hydrogens is 306 g/mol. The lowest BCUT2D eigenvalue weighted by Crippen LogP contribution is -2.48. The third-order valence-electron chi connectivity index (χ3n) is 3.19. The maximum Gasteiger partial charge on any atom is 0.325 e. The van der Waals surface area contributed by atoms with Crippen LogP contribution in [0, 0.1) is 10.1 Å². The monoisotopic (exact) mass is 325 g/mol. The van der Waals surface area contributed by atoms with E-state index in [2.05, 4.69) is 5.32 Å². The summed E-state index contributed by atoms with van der Waals surface area (Å²) in [6.07, 6.45) is 0.423. The number of carbonyl (C=O) groups excluding carboxylic acids is 1. The van der Waals surface area contributed by atoms with Gasteiger partial charge in [-0.2, -0.15) is 0 Å². The maximum atomic E-state index is 12.0. The predicted octanol–water partition coefficient (Wildman–Crippen LogP) is 0.614. The Morgan fingerprint density at radius 2 is 1.91 bits per heavy atom. The van der Waals surface area contributed by atoms with E-state index in [0.29, 0.717) is 6.42 Å². The Kier molecular flexibility index (Phi) is 6.94. The molecule has 0 aliphatic heterocycles. The number of carboxylic acid groups (broad SMARTS) is 1. The largest absolute Gasteiger partial charge is 0.480 e. The number of nitro benzene ring substituents is 1. The summed E-state index contributed by atoms with van der Waals surface area (Å²) in [5, 5.41) is 30.7. The van der Waals surface area contributed by atoms with Gasteiger partial charge in [0.2, 0.25) is 0 Å². The number of amides is 2. The number of aliphatic hydroxyl groups excluding tert-OH is 1. The molecule has 2 amide bonds. The van der Waals surface area contributed by atoms with Gasteiger partial charge in [-0.1, -0.05) is 12.1 Å². The number of hydrogen-bond donors (Lipinski definition) is 3. The molecule has 1 aromatic carbocycles. The molecule has 0 fully saturated rings. The van der Waals surface area contributed by atoms with E-state index in [9.17, 15) is 19.7 Å². The van der Waals surface area contributed by atoms with Crippen LogP contribution < -0.4 is 5.32 Å². The smallest absolute Gasteiger partial charge is 0.325 e. The second-order valence-corrected chi connectivity index (χ2v) is 4.89. The van der Waals surface area contributed by atoms with Gasteiger partial charge < -0.3 is 20.4 Å². The van der Waals surface area contributed by atoms with Gasteiger partial charge in [0.05, 0.1) is 11.5 Å². The Labute approximate surface area is 132 Å². The van der Waals surface area contributed by atoms with E-state index >= 15 is 0 Å². The molecule has 3 N–H and O–H groups in total. The third kappa shape index (κ3) is 5.91. The minimum atomic E-state index is -1.15. The third-order valence-corrected chi connectivity index (χ3v) is 3.19. The first-order valence-corrected chi connectivity index (χ1v) is 6.97. The maximum absolute atomic E-state index is 12.0. The van der Waals surface area contributed by atoms with Gasteiger partial charge in [0.1, 0.15) is 6.04 Å². The van der Waals surface area contributed by atoms with Gasteiger partial charge in [0.25, 0.3) is 5.69 Å². The SMILES string of the molecule is C[C@H](NC(=O)N(CCO)CCc1ccc([N+](=O)[O-])cc1)C(=O)O. The van der Waals surface area contributed by atoms with Gasteiger partial charge in [0, 0.05) is 25.2 Å². The Hall–Kier alpha value is -2.68. The van der Waals surface area contributed by atoms with Crippen molar-refractivity contribution in [2.24, 2.45) is 0 Å². The number of urea groups is 1. The summed E-state index contributed by atoms with van der Waals surface area (Å²) in [6, 6.07) is 4.30. The number of nitrogens with one attached hydrogen (secondary N) is 1. The molecule has 0 aliphatic carbocycles. The molecule has 0 saturated carbocycles. The molecule has 0 spiro atoms. The molecular formula is C14H19N3O6. The first-order chi connectivity index (χ1) is 10.8. The zero-order valence-corrected chi connectivity index (χ0v) is 12.6. The van der Waals surface area contributed by atoms with Crippen molar-refractivity contribution in [3.8, 4) is 0 Å². The lowest BCUT2D eigenvalue weighted by molar-refractivity contribution is -0.384. The first-order valence-electron chi connectivity index (χ1n) is 6.97. The molecule has 0 bridgehead atoms. The summed E-state index contributed by atoms with van der Waals surface area (Å²) in [4.78, 5) is 34.1. The van der Waals surface area contributed by atoms with Crippen LogP contribution in [0.4, 0.5) is 10.5 Å². The van der Waals surface area contributed by atoms with E-state index in [1.54, 1.807) is 12.1 Å². The van der Waals surface area contributed by atoms with Crippen molar-refractivity contribution in [3.63, 3.8) is 0 Å². The van der Waals surface area contributed by atoms with Crippen LogP contribution in [0.3, 0.4) is 0 Å². The average Bonchev–Trinajstić information content (AvgIpc) is 2.51. The summed E-state index contributed by atoms with van der Waals surface area (Å²) >= 11 is 0. The summed E-state index contributed by atoms with van der Waals surface area (Å²) in [6.45, 7) is 1.39. The number of aliphatic carboxylic acids is 1. The van der Waals surface area contributed by atoms with E-state index in [-0.39, 0.29) is 25.4 Å². The first kappa shape index (κ1) is 18.4. The fourth-order valence-electron chi connectivity index (χ4n) is 1.82. The Balaban J connectivity index is 2.63. The highest BCUT2D eigenvalue weighted by Gasteiger charge is 2.19. The number of nitrogens with zero attached hydrogens (tertiary/aromatic N) is 2. The number of hydrogen-bond acceptors (Lipinski definition) is 5. The van der Waals surface area contributed by atoms with Gasteiger partial charge >= 0.3 is 12.0 Å². The van der Waals surface area contributed by atoms with Crippen molar-refractivity contribution in [2.75, 3.05) is 19.7 Å². The number of nitro groups is 1. The van der Waals surface area contributed by atoms with Gasteiger partial charge in [-0.15, -0.1) is 0 Å². The number of benzene rings is 1. The summed E-state index contributed by atoms with van der Waals surface area (Å²) < 4.78 is 0. The highest BCUT2D eigenvalue weighted by Crippen LogP contribution is 2.12. The van der Waals surface area contributed by atoms with E-state index in [1.165, 1.54) is 24.0 Å². The lowest BCUT2D eigenvalue weighted by Gasteiger charge is -2.23. The summed E-state index contributed by atoms with van der Waals surface area (Å²) in [5.41, 5.74) is 0.770. The second kappa shape index (κ2) is 8.69. The Morgan fingerprint density at radius 3 is 2.39 bits per heavy atom. The zero-order valence-electron chi connectivity index (χ0n) is 12.6. The minimum absolute atomic E-state index is 0.0195. The fourth-order valence-corrected chi connectivity index (χ4v) is 1.82. The normalized spacial score (nSPS) is 11.6. The molecule has 9 heteroatoms. The van der Waals surface area contributed by atoms with E-state index in [0.717, 1.165) is 5.56 Å². The van der Waals surface area contributed by atoms with Crippen molar-refractivity contribution < 1.29 is 24.7 Å². The van der Waals surface area contributed by atoms with Gasteiger partial charge in [-0.05, 0) is 18.9 Å². The molecule has 9 nitrogen and oxygen atoms in total. The molecule has 126 valence electrons. The second-order valence-electron chi connectivity index (χ2n) is 4.89. The van der Waals surface area contributed by atoms with Crippen molar-refractivity contribution in [3.05, 3.63) is 39.9 Å². The molecule has 1 rings (SSSR count). The Morgan fingerprint density at radius 1 is 1.30 bits per heavy atom. The van der Waals surface area contributed by atoms with E-state index in [1.807, 2.05) is 0 Å². The lowest BCUT2D eigenvalue weighted by atomic mass is 10.1. The molecule has 0 aromatic heterocycles. The predicted molar refractivity (Wildman–Crippen MR) is 81.1 cm³/mol. The van der Waals surface area contributed by atoms with Gasteiger partial charge in [0.15, 0.2) is 0 Å².